The van der Waals surface area contributed by atoms with Gasteiger partial charge in [-0.2, -0.15) is 0 Å². The number of aromatic nitrogens is 3. The average Bonchev–Trinajstić information content (AvgIpc) is 3.47. The van der Waals surface area contributed by atoms with Crippen LogP contribution >= 0.6 is 11.6 Å². The summed E-state index contributed by atoms with van der Waals surface area (Å²) in [5.74, 6) is 0.541. The molecular formula is C31H38ClN5O6. The topological polar surface area (TPSA) is 130 Å². The van der Waals surface area contributed by atoms with Crippen molar-refractivity contribution in [2.24, 2.45) is 11.3 Å². The lowest BCUT2D eigenvalue weighted by Gasteiger charge is -2.39. The maximum Gasteiger partial charge on any atom is 0.407 e. The summed E-state index contributed by atoms with van der Waals surface area (Å²) in [6.45, 7) is 7.64. The third-order valence-electron chi connectivity index (χ3n) is 9.84. The number of piperidine rings is 1. The van der Waals surface area contributed by atoms with Crippen LogP contribution in [0.5, 0.6) is 0 Å². The zero-order valence-electron chi connectivity index (χ0n) is 24.7. The van der Waals surface area contributed by atoms with Crippen molar-refractivity contribution in [3.05, 3.63) is 57.7 Å². The van der Waals surface area contributed by atoms with Gasteiger partial charge in [-0.1, -0.05) is 44.5 Å². The highest BCUT2D eigenvalue weighted by atomic mass is 35.5. The van der Waals surface area contributed by atoms with Crippen molar-refractivity contribution in [2.75, 3.05) is 26.2 Å². The van der Waals surface area contributed by atoms with Crippen LogP contribution in [0.2, 0.25) is 5.15 Å². The van der Waals surface area contributed by atoms with Crippen molar-refractivity contribution in [1.82, 2.24) is 23.9 Å². The van der Waals surface area contributed by atoms with Gasteiger partial charge in [-0.15, -0.1) is 0 Å². The zero-order chi connectivity index (χ0) is 30.7. The molecule has 0 spiro atoms. The molecule has 3 fully saturated rings. The van der Waals surface area contributed by atoms with Crippen LogP contribution in [0, 0.1) is 11.3 Å². The summed E-state index contributed by atoms with van der Waals surface area (Å²) >= 11 is 6.61. The number of morpholine rings is 1. The van der Waals surface area contributed by atoms with E-state index in [0.29, 0.717) is 60.3 Å². The lowest BCUT2D eigenvalue weighted by Crippen LogP contribution is -2.51. The fourth-order valence-corrected chi connectivity index (χ4v) is 6.87. The van der Waals surface area contributed by atoms with Crippen LogP contribution in [0.1, 0.15) is 58.1 Å². The van der Waals surface area contributed by atoms with Crippen molar-refractivity contribution in [1.29, 1.82) is 0 Å². The molecular weight excluding hydrogens is 574 g/mol. The van der Waals surface area contributed by atoms with E-state index in [2.05, 4.69) is 11.9 Å². The fraction of sp³-hybridized carbons (Fsp3) is 0.548. The highest BCUT2D eigenvalue weighted by Crippen LogP contribution is 2.53. The molecule has 12 heteroatoms. The number of fused-ring (bicyclic) bond motifs is 1. The fourth-order valence-electron chi connectivity index (χ4n) is 6.58. The Hall–Kier alpha value is -3.41. The molecule has 1 saturated carbocycles. The van der Waals surface area contributed by atoms with Gasteiger partial charge in [0.15, 0.2) is 5.65 Å². The number of carbonyl (C=O) groups is 2. The minimum atomic E-state index is -1.13. The van der Waals surface area contributed by atoms with E-state index in [9.17, 15) is 24.6 Å². The Morgan fingerprint density at radius 2 is 1.86 bits per heavy atom. The van der Waals surface area contributed by atoms with Crippen molar-refractivity contribution in [3.8, 4) is 5.69 Å². The molecule has 0 radical (unpaired) electrons. The Kier molecular flexibility index (Phi) is 7.55. The first-order chi connectivity index (χ1) is 20.4. The largest absolute Gasteiger partial charge is 0.465 e. The summed E-state index contributed by atoms with van der Waals surface area (Å²) in [7, 11) is 0. The molecule has 230 valence electrons. The lowest BCUT2D eigenvalue weighted by molar-refractivity contribution is -0.141. The standard InChI is InChI=1S/C31H38ClN5O6/c1-4-22-15-36(29(40)41)24(16-43-22)20-5-7-21(8-6-20)37-25(32)13-23-26(37)33-18-35(27(23)38)17-31(42)9-11-34(12-10-31)28(39)30(3)14-19(30)2/h5-8,13,18-19,22,24,42H,4,9-12,14-17H2,1-3H3,(H,40,41)/t19-,22-,24-,30-/m0/s1. The Labute approximate surface area is 254 Å². The first-order valence-corrected chi connectivity index (χ1v) is 15.3. The molecule has 1 aromatic carbocycles. The molecule has 0 bridgehead atoms. The Morgan fingerprint density at radius 3 is 2.47 bits per heavy atom. The van der Waals surface area contributed by atoms with Crippen LogP contribution in [-0.4, -0.2) is 84.1 Å². The molecule has 1 aliphatic carbocycles. The number of carboxylic acid groups (broad SMARTS) is 1. The minimum absolute atomic E-state index is 0.0738. The molecule has 0 unspecified atom stereocenters. The molecule has 4 heterocycles. The number of rotatable bonds is 6. The molecule has 43 heavy (non-hydrogen) atoms. The van der Waals surface area contributed by atoms with Crippen molar-refractivity contribution >= 4 is 34.6 Å². The van der Waals surface area contributed by atoms with Crippen molar-refractivity contribution < 1.29 is 24.5 Å². The van der Waals surface area contributed by atoms with E-state index in [-0.39, 0.29) is 36.1 Å². The minimum Gasteiger partial charge on any atom is -0.465 e. The first kappa shape index (κ1) is 29.7. The Bertz CT molecular complexity index is 1610. The predicted molar refractivity (Wildman–Crippen MR) is 160 cm³/mol. The first-order valence-electron chi connectivity index (χ1n) is 14.9. The number of amides is 2. The summed E-state index contributed by atoms with van der Waals surface area (Å²) in [5, 5.41) is 21.7. The maximum atomic E-state index is 13.5. The normalized spacial score (nSPS) is 27.0. The van der Waals surface area contributed by atoms with Crippen LogP contribution in [-0.2, 0) is 16.1 Å². The summed E-state index contributed by atoms with van der Waals surface area (Å²) in [4.78, 5) is 46.1. The number of ether oxygens (including phenoxy) is 1. The number of hydrogen-bond acceptors (Lipinski definition) is 6. The number of halogens is 1. The third kappa shape index (κ3) is 5.32. The van der Waals surface area contributed by atoms with E-state index in [1.807, 2.05) is 43.0 Å². The number of likely N-dealkylation sites (tertiary alicyclic amines) is 1. The summed E-state index contributed by atoms with van der Waals surface area (Å²) < 4.78 is 8.95. The van der Waals surface area contributed by atoms with Gasteiger partial charge in [-0.3, -0.25) is 23.6 Å². The molecule has 3 aromatic rings. The Balaban J connectivity index is 1.19. The van der Waals surface area contributed by atoms with Gasteiger partial charge in [0.25, 0.3) is 5.56 Å². The van der Waals surface area contributed by atoms with Crippen molar-refractivity contribution in [2.45, 2.75) is 70.7 Å². The van der Waals surface area contributed by atoms with E-state index >= 15 is 0 Å². The van der Waals surface area contributed by atoms with E-state index in [0.717, 1.165) is 18.4 Å². The molecule has 4 atom stereocenters. The highest BCUT2D eigenvalue weighted by Gasteiger charge is 2.55. The van der Waals surface area contributed by atoms with Gasteiger partial charge in [0.1, 0.15) is 11.5 Å². The van der Waals surface area contributed by atoms with E-state index in [1.54, 1.807) is 10.6 Å². The molecule has 11 nitrogen and oxygen atoms in total. The smallest absolute Gasteiger partial charge is 0.407 e. The number of carbonyl (C=O) groups excluding carboxylic acids is 1. The summed E-state index contributed by atoms with van der Waals surface area (Å²) in [6, 6.07) is 8.47. The van der Waals surface area contributed by atoms with Gasteiger partial charge in [0.2, 0.25) is 5.91 Å². The molecule has 2 amide bonds. The molecule has 2 N–H and O–H groups in total. The third-order valence-corrected chi connectivity index (χ3v) is 10.1. The van der Waals surface area contributed by atoms with E-state index in [4.69, 9.17) is 16.3 Å². The molecule has 2 saturated heterocycles. The molecule has 3 aliphatic rings. The number of aliphatic hydroxyl groups is 1. The number of nitrogens with zero attached hydrogens (tertiary/aromatic N) is 5. The van der Waals surface area contributed by atoms with Crippen LogP contribution in [0.15, 0.2) is 41.5 Å². The van der Waals surface area contributed by atoms with Crippen LogP contribution < -0.4 is 5.56 Å². The van der Waals surface area contributed by atoms with Crippen LogP contribution in [0.4, 0.5) is 4.79 Å². The molecule has 6 rings (SSSR count). The molecule has 2 aromatic heterocycles. The second-order valence-electron chi connectivity index (χ2n) is 12.7. The molecule has 2 aliphatic heterocycles. The highest BCUT2D eigenvalue weighted by molar-refractivity contribution is 6.31. The van der Waals surface area contributed by atoms with Gasteiger partial charge in [0, 0.05) is 24.2 Å². The second kappa shape index (κ2) is 10.9. The van der Waals surface area contributed by atoms with E-state index in [1.165, 1.54) is 15.8 Å². The lowest BCUT2D eigenvalue weighted by atomic mass is 9.90. The van der Waals surface area contributed by atoms with Gasteiger partial charge in [0.05, 0.1) is 42.8 Å². The maximum absolute atomic E-state index is 13.5. The van der Waals surface area contributed by atoms with Crippen LogP contribution in [0.25, 0.3) is 16.7 Å². The predicted octanol–water partition coefficient (Wildman–Crippen LogP) is 4.07. The Morgan fingerprint density at radius 1 is 1.19 bits per heavy atom. The van der Waals surface area contributed by atoms with Gasteiger partial charge in [-0.25, -0.2) is 9.78 Å². The van der Waals surface area contributed by atoms with Crippen molar-refractivity contribution in [3.63, 3.8) is 0 Å². The second-order valence-corrected chi connectivity index (χ2v) is 13.0. The monoisotopic (exact) mass is 611 g/mol. The number of hydrogen-bond donors (Lipinski definition) is 2. The van der Waals surface area contributed by atoms with Crippen LogP contribution in [0.3, 0.4) is 0 Å². The quantitative estimate of drug-likeness (QED) is 0.430. The van der Waals surface area contributed by atoms with E-state index < -0.39 is 17.7 Å². The summed E-state index contributed by atoms with van der Waals surface area (Å²) in [5.41, 5.74) is 0.138. The SMILES string of the molecule is CC[C@H]1CN(C(=O)O)[C@H](c2ccc(-n3c(Cl)cc4c(=O)n(CC5(O)CCN(C(=O)[C@@]6(C)C[C@@H]6C)CC5)cnc43)cc2)CO1. The van der Waals surface area contributed by atoms with Gasteiger partial charge >= 0.3 is 6.09 Å². The number of benzene rings is 1. The van der Waals surface area contributed by atoms with Gasteiger partial charge < -0.3 is 19.8 Å². The van der Waals surface area contributed by atoms with Gasteiger partial charge in [-0.05, 0) is 55.4 Å². The average molecular weight is 612 g/mol. The zero-order valence-corrected chi connectivity index (χ0v) is 25.5. The summed E-state index contributed by atoms with van der Waals surface area (Å²) in [6.07, 6.45) is 2.73.